The minimum absolute atomic E-state index is 0.00963. The summed E-state index contributed by atoms with van der Waals surface area (Å²) >= 11 is 0. The molecule has 3 atom stereocenters. The predicted molar refractivity (Wildman–Crippen MR) is 140 cm³/mol. The third-order valence-electron chi connectivity index (χ3n) is 7.13. The third kappa shape index (κ3) is 5.08. The SMILES string of the molecule is CCO[C@H]1OC(C(=O)NCc2ccccc2)=C[C@@H](c2ccc3c(c2)Cc2ccccc2-3)[C@@H]1CCCO. The van der Waals surface area contributed by atoms with Gasteiger partial charge in [-0.1, -0.05) is 72.8 Å². The summed E-state index contributed by atoms with van der Waals surface area (Å²) < 4.78 is 12.1. The number of carbonyl (C=O) groups excluding carboxylic acids is 1. The number of amides is 1. The van der Waals surface area contributed by atoms with Crippen LogP contribution in [0.15, 0.2) is 84.6 Å². The van der Waals surface area contributed by atoms with Crippen LogP contribution < -0.4 is 5.32 Å². The molecule has 3 aromatic rings. The number of carbonyl (C=O) groups is 1. The average Bonchev–Trinajstić information content (AvgIpc) is 3.29. The Labute approximate surface area is 212 Å². The maximum Gasteiger partial charge on any atom is 0.286 e. The van der Waals surface area contributed by atoms with Crippen molar-refractivity contribution in [1.29, 1.82) is 0 Å². The van der Waals surface area contributed by atoms with E-state index in [1.54, 1.807) is 0 Å². The summed E-state index contributed by atoms with van der Waals surface area (Å²) in [6, 6.07) is 25.0. The lowest BCUT2D eigenvalue weighted by atomic mass is 9.80. The van der Waals surface area contributed by atoms with Gasteiger partial charge >= 0.3 is 0 Å². The Morgan fingerprint density at radius 3 is 2.61 bits per heavy atom. The Morgan fingerprint density at radius 2 is 1.81 bits per heavy atom. The summed E-state index contributed by atoms with van der Waals surface area (Å²) in [6.07, 6.45) is 3.68. The second-order valence-corrected chi connectivity index (χ2v) is 9.45. The van der Waals surface area contributed by atoms with Gasteiger partial charge in [0.2, 0.25) is 6.29 Å². The Balaban J connectivity index is 1.45. The van der Waals surface area contributed by atoms with Gasteiger partial charge in [-0.2, -0.15) is 0 Å². The second kappa shape index (κ2) is 11.1. The van der Waals surface area contributed by atoms with Crippen molar-refractivity contribution in [3.05, 3.63) is 107 Å². The van der Waals surface area contributed by atoms with E-state index in [0.29, 0.717) is 25.3 Å². The zero-order valence-corrected chi connectivity index (χ0v) is 20.7. The molecule has 1 aliphatic carbocycles. The van der Waals surface area contributed by atoms with Crippen molar-refractivity contribution in [2.24, 2.45) is 5.92 Å². The van der Waals surface area contributed by atoms with Crippen molar-refractivity contribution in [3.8, 4) is 11.1 Å². The molecule has 0 spiro atoms. The summed E-state index contributed by atoms with van der Waals surface area (Å²) in [6.45, 7) is 2.94. The molecule has 186 valence electrons. The highest BCUT2D eigenvalue weighted by Gasteiger charge is 2.38. The standard InChI is InChI=1S/C31H33NO4/c1-2-35-31-27(13-8-16-33)28(19-29(36-31)30(34)32-20-21-9-4-3-5-10-21)23-14-15-26-24(18-23)17-22-11-6-7-12-25(22)26/h3-7,9-12,14-15,18-19,27-28,31,33H,2,8,13,16-17,20H2,1H3,(H,32,34)/t27-,28-,31-/m0/s1. The van der Waals surface area contributed by atoms with E-state index in [0.717, 1.165) is 24.0 Å². The number of hydrogen-bond acceptors (Lipinski definition) is 4. The Hall–Kier alpha value is -3.41. The largest absolute Gasteiger partial charge is 0.459 e. The van der Waals surface area contributed by atoms with Crippen LogP contribution in [0.3, 0.4) is 0 Å². The number of rotatable bonds is 9. The summed E-state index contributed by atoms with van der Waals surface area (Å²) in [5.41, 5.74) is 7.39. The molecule has 0 unspecified atom stereocenters. The van der Waals surface area contributed by atoms with Gasteiger partial charge in [-0.3, -0.25) is 4.79 Å². The molecule has 1 amide bonds. The molecule has 2 aliphatic rings. The zero-order chi connectivity index (χ0) is 24.9. The smallest absolute Gasteiger partial charge is 0.286 e. The molecule has 1 heterocycles. The van der Waals surface area contributed by atoms with Crippen LogP contribution in [0.2, 0.25) is 0 Å². The monoisotopic (exact) mass is 483 g/mol. The van der Waals surface area contributed by atoms with E-state index >= 15 is 0 Å². The lowest BCUT2D eigenvalue weighted by Crippen LogP contribution is -2.39. The first-order chi connectivity index (χ1) is 17.7. The van der Waals surface area contributed by atoms with Crippen molar-refractivity contribution in [2.45, 2.75) is 44.9 Å². The van der Waals surface area contributed by atoms with E-state index in [1.807, 2.05) is 43.3 Å². The first-order valence-corrected chi connectivity index (χ1v) is 12.8. The fourth-order valence-electron chi connectivity index (χ4n) is 5.38. The number of hydrogen-bond donors (Lipinski definition) is 2. The maximum atomic E-state index is 13.2. The summed E-state index contributed by atoms with van der Waals surface area (Å²) in [4.78, 5) is 13.2. The minimum Gasteiger partial charge on any atom is -0.459 e. The molecule has 0 radical (unpaired) electrons. The molecule has 0 saturated carbocycles. The molecule has 1 aliphatic heterocycles. The Bertz CT molecular complexity index is 1240. The molecule has 2 N–H and O–H groups in total. The first-order valence-electron chi connectivity index (χ1n) is 12.8. The molecule has 5 heteroatoms. The zero-order valence-electron chi connectivity index (χ0n) is 20.7. The molecule has 0 bridgehead atoms. The van der Waals surface area contributed by atoms with Crippen LogP contribution in [-0.2, 0) is 27.2 Å². The molecule has 0 saturated heterocycles. The van der Waals surface area contributed by atoms with Crippen LogP contribution in [0.5, 0.6) is 0 Å². The average molecular weight is 484 g/mol. The van der Waals surface area contributed by atoms with Crippen LogP contribution in [0.1, 0.15) is 47.9 Å². The molecule has 5 rings (SSSR count). The number of allylic oxidation sites excluding steroid dienone is 1. The number of aliphatic hydroxyl groups excluding tert-OH is 1. The topological polar surface area (TPSA) is 67.8 Å². The molecule has 0 aromatic heterocycles. The van der Waals surface area contributed by atoms with E-state index < -0.39 is 6.29 Å². The van der Waals surface area contributed by atoms with Gasteiger partial charge in [0.25, 0.3) is 5.91 Å². The van der Waals surface area contributed by atoms with Gasteiger partial charge in [0.05, 0.1) is 0 Å². The highest BCUT2D eigenvalue weighted by atomic mass is 16.7. The summed E-state index contributed by atoms with van der Waals surface area (Å²) in [5.74, 6) is -0.0286. The van der Waals surface area contributed by atoms with Crippen LogP contribution in [0.25, 0.3) is 11.1 Å². The molecule has 5 nitrogen and oxygen atoms in total. The first kappa shape index (κ1) is 24.3. The molecular formula is C31H33NO4. The van der Waals surface area contributed by atoms with E-state index in [9.17, 15) is 9.90 Å². The van der Waals surface area contributed by atoms with Crippen LogP contribution >= 0.6 is 0 Å². The molecule has 36 heavy (non-hydrogen) atoms. The van der Waals surface area contributed by atoms with E-state index in [2.05, 4.69) is 47.8 Å². The fourth-order valence-corrected chi connectivity index (χ4v) is 5.38. The van der Waals surface area contributed by atoms with Gasteiger partial charge in [0.15, 0.2) is 5.76 Å². The minimum atomic E-state index is -0.556. The van der Waals surface area contributed by atoms with Crippen LogP contribution in [0, 0.1) is 5.92 Å². The number of ether oxygens (including phenoxy) is 2. The third-order valence-corrected chi connectivity index (χ3v) is 7.13. The molecule has 3 aromatic carbocycles. The van der Waals surface area contributed by atoms with Gasteiger partial charge < -0.3 is 19.9 Å². The van der Waals surface area contributed by atoms with Crippen molar-refractivity contribution >= 4 is 5.91 Å². The Morgan fingerprint density at radius 1 is 1.03 bits per heavy atom. The van der Waals surface area contributed by atoms with Crippen LogP contribution in [-0.4, -0.2) is 30.5 Å². The second-order valence-electron chi connectivity index (χ2n) is 9.45. The van der Waals surface area contributed by atoms with Crippen molar-refractivity contribution in [1.82, 2.24) is 5.32 Å². The summed E-state index contributed by atoms with van der Waals surface area (Å²) in [5, 5.41) is 12.5. The highest BCUT2D eigenvalue weighted by molar-refractivity contribution is 5.91. The van der Waals surface area contributed by atoms with Gasteiger partial charge in [-0.25, -0.2) is 0 Å². The van der Waals surface area contributed by atoms with Gasteiger partial charge in [0, 0.05) is 31.6 Å². The lowest BCUT2D eigenvalue weighted by molar-refractivity contribution is -0.166. The fraction of sp³-hybridized carbons (Fsp3) is 0.323. The maximum absolute atomic E-state index is 13.2. The normalized spacial score (nSPS) is 20.2. The summed E-state index contributed by atoms with van der Waals surface area (Å²) in [7, 11) is 0. The van der Waals surface area contributed by atoms with Crippen LogP contribution in [0.4, 0.5) is 0 Å². The van der Waals surface area contributed by atoms with Crippen molar-refractivity contribution in [2.75, 3.05) is 13.2 Å². The molecular weight excluding hydrogens is 450 g/mol. The van der Waals surface area contributed by atoms with E-state index in [-0.39, 0.29) is 24.3 Å². The Kier molecular flexibility index (Phi) is 7.49. The van der Waals surface area contributed by atoms with Gasteiger partial charge in [-0.15, -0.1) is 0 Å². The van der Waals surface area contributed by atoms with Crippen molar-refractivity contribution < 1.29 is 19.4 Å². The number of aliphatic hydroxyl groups is 1. The lowest BCUT2D eigenvalue weighted by Gasteiger charge is -2.37. The number of nitrogens with one attached hydrogen (secondary N) is 1. The number of benzene rings is 3. The quantitative estimate of drug-likeness (QED) is 0.338. The highest BCUT2D eigenvalue weighted by Crippen LogP contribution is 2.43. The predicted octanol–water partition coefficient (Wildman–Crippen LogP) is 5.32. The number of fused-ring (bicyclic) bond motifs is 3. The molecule has 0 fully saturated rings. The van der Waals surface area contributed by atoms with Gasteiger partial charge in [-0.05, 0) is 65.6 Å². The van der Waals surface area contributed by atoms with Crippen molar-refractivity contribution in [3.63, 3.8) is 0 Å². The van der Waals surface area contributed by atoms with Gasteiger partial charge in [0.1, 0.15) is 0 Å². The van der Waals surface area contributed by atoms with E-state index in [1.165, 1.54) is 22.3 Å². The van der Waals surface area contributed by atoms with E-state index in [4.69, 9.17) is 9.47 Å².